The third kappa shape index (κ3) is 2.26. The predicted octanol–water partition coefficient (Wildman–Crippen LogP) is 3.02. The third-order valence-electron chi connectivity index (χ3n) is 2.04. The van der Waals surface area contributed by atoms with Crippen molar-refractivity contribution in [2.45, 2.75) is 6.92 Å². The van der Waals surface area contributed by atoms with Crippen LogP contribution in [0.3, 0.4) is 0 Å². The van der Waals surface area contributed by atoms with E-state index in [0.29, 0.717) is 0 Å². The first-order valence-corrected chi connectivity index (χ1v) is 4.66. The molecule has 0 saturated heterocycles. The van der Waals surface area contributed by atoms with Crippen molar-refractivity contribution in [3.05, 3.63) is 28.3 Å². The van der Waals surface area contributed by atoms with E-state index in [1.807, 2.05) is 0 Å². The minimum absolute atomic E-state index is 0.0782. The minimum Gasteiger partial charge on any atom is -0.334 e. The lowest BCUT2D eigenvalue weighted by Crippen LogP contribution is -2.15. The van der Waals surface area contributed by atoms with Gasteiger partial charge in [-0.3, -0.25) is 4.99 Å². The predicted molar refractivity (Wildman–Crippen MR) is 58.9 cm³/mol. The zero-order valence-corrected chi connectivity index (χ0v) is 9.44. The van der Waals surface area contributed by atoms with E-state index in [-0.39, 0.29) is 16.3 Å². The van der Waals surface area contributed by atoms with Crippen LogP contribution in [0.1, 0.15) is 5.56 Å². The van der Waals surface area contributed by atoms with E-state index in [2.05, 4.69) is 4.99 Å². The van der Waals surface area contributed by atoms with Gasteiger partial charge < -0.3 is 4.90 Å². The highest BCUT2D eigenvalue weighted by Gasteiger charge is 2.15. The quantitative estimate of drug-likeness (QED) is 0.435. The first-order valence-electron chi connectivity index (χ1n) is 4.28. The number of nitrogens with zero attached hydrogens (tertiary/aromatic N) is 2. The van der Waals surface area contributed by atoms with Crippen molar-refractivity contribution in [2.75, 3.05) is 19.0 Å². The van der Waals surface area contributed by atoms with Crippen molar-refractivity contribution in [1.82, 2.24) is 0 Å². The summed E-state index contributed by atoms with van der Waals surface area (Å²) in [5.41, 5.74) is 0.174. The zero-order valence-electron chi connectivity index (χ0n) is 8.68. The van der Waals surface area contributed by atoms with Crippen LogP contribution in [0, 0.1) is 18.6 Å². The molecule has 0 spiro atoms. The molecular weight excluding hydrogens is 222 g/mol. The Balaban J connectivity index is 3.31. The largest absolute Gasteiger partial charge is 0.334 e. The van der Waals surface area contributed by atoms with Crippen LogP contribution in [0.2, 0.25) is 5.02 Å². The molecule has 0 aromatic heterocycles. The van der Waals surface area contributed by atoms with Gasteiger partial charge in [0, 0.05) is 19.7 Å². The van der Waals surface area contributed by atoms with Gasteiger partial charge in [0.25, 0.3) is 0 Å². The fourth-order valence-electron chi connectivity index (χ4n) is 1.17. The molecule has 1 rings (SSSR count). The van der Waals surface area contributed by atoms with Crippen LogP contribution in [-0.4, -0.2) is 20.4 Å². The van der Waals surface area contributed by atoms with E-state index >= 15 is 0 Å². The Bertz CT molecular complexity index is 405. The van der Waals surface area contributed by atoms with E-state index in [1.165, 1.54) is 24.2 Å². The zero-order chi connectivity index (χ0) is 11.6. The van der Waals surface area contributed by atoms with E-state index in [9.17, 15) is 8.78 Å². The molecule has 0 aliphatic rings. The number of hydrogen-bond donors (Lipinski definition) is 0. The summed E-state index contributed by atoms with van der Waals surface area (Å²) in [5.74, 6) is -1.36. The molecule has 0 unspecified atom stereocenters. The first-order chi connectivity index (χ1) is 6.99. The number of benzene rings is 1. The Hall–Kier alpha value is -1.16. The molecule has 15 heavy (non-hydrogen) atoms. The molecule has 0 heterocycles. The lowest BCUT2D eigenvalue weighted by Gasteiger charge is -2.16. The molecule has 0 bridgehead atoms. The van der Waals surface area contributed by atoms with E-state index in [0.717, 1.165) is 0 Å². The summed E-state index contributed by atoms with van der Waals surface area (Å²) in [6.45, 7) is 1.34. The Labute approximate surface area is 92.2 Å². The molecule has 0 saturated carbocycles. The van der Waals surface area contributed by atoms with Crippen LogP contribution in [-0.2, 0) is 0 Å². The fourth-order valence-corrected chi connectivity index (χ4v) is 1.50. The van der Waals surface area contributed by atoms with Gasteiger partial charge in [0.2, 0.25) is 0 Å². The van der Waals surface area contributed by atoms with Gasteiger partial charge in [0.15, 0.2) is 0 Å². The van der Waals surface area contributed by atoms with Crippen molar-refractivity contribution < 1.29 is 8.78 Å². The van der Waals surface area contributed by atoms with Crippen LogP contribution in [0.25, 0.3) is 0 Å². The molecule has 2 nitrogen and oxygen atoms in total. The average Bonchev–Trinajstić information content (AvgIpc) is 2.20. The molecule has 0 fully saturated rings. The molecule has 82 valence electrons. The number of rotatable bonds is 2. The summed E-state index contributed by atoms with van der Waals surface area (Å²) in [6, 6.07) is 1.18. The average molecular weight is 233 g/mol. The summed E-state index contributed by atoms with van der Waals surface area (Å²) in [7, 11) is 3.17. The summed E-state index contributed by atoms with van der Waals surface area (Å²) in [5, 5.41) is -0.101. The number of halogens is 3. The Morgan fingerprint density at radius 3 is 2.60 bits per heavy atom. The van der Waals surface area contributed by atoms with Crippen LogP contribution in [0.4, 0.5) is 14.5 Å². The molecule has 0 radical (unpaired) electrons. The molecule has 0 amide bonds. The second kappa shape index (κ2) is 4.57. The molecule has 1 aromatic carbocycles. The van der Waals surface area contributed by atoms with Gasteiger partial charge >= 0.3 is 0 Å². The molecule has 5 heteroatoms. The number of aliphatic imine (C=N–C) groups is 1. The lowest BCUT2D eigenvalue weighted by atomic mass is 10.2. The molecular formula is C10H11ClF2N2. The molecule has 0 aliphatic carbocycles. The van der Waals surface area contributed by atoms with Crippen LogP contribution >= 0.6 is 11.6 Å². The highest BCUT2D eigenvalue weighted by molar-refractivity contribution is 6.33. The summed E-state index contributed by atoms with van der Waals surface area (Å²) in [4.78, 5) is 5.18. The van der Waals surface area contributed by atoms with E-state index in [1.54, 1.807) is 14.1 Å². The maximum Gasteiger partial charge on any atom is 0.149 e. The normalized spacial score (nSPS) is 11.1. The molecule has 1 aromatic rings. The number of hydrogen-bond acceptors (Lipinski definition) is 1. The lowest BCUT2D eigenvalue weighted by molar-refractivity contribution is 0.569. The van der Waals surface area contributed by atoms with Gasteiger partial charge in [0.1, 0.15) is 16.7 Å². The number of anilines is 1. The van der Waals surface area contributed by atoms with Crippen molar-refractivity contribution in [2.24, 2.45) is 4.99 Å². The van der Waals surface area contributed by atoms with Gasteiger partial charge in [-0.05, 0) is 13.0 Å². The first kappa shape index (κ1) is 11.9. The second-order valence-corrected chi connectivity index (χ2v) is 3.49. The maximum atomic E-state index is 13.4. The Morgan fingerprint density at radius 2 is 2.07 bits per heavy atom. The van der Waals surface area contributed by atoms with Gasteiger partial charge in [-0.25, -0.2) is 8.78 Å². The Morgan fingerprint density at radius 1 is 1.47 bits per heavy atom. The van der Waals surface area contributed by atoms with Gasteiger partial charge in [-0.15, -0.1) is 0 Å². The van der Waals surface area contributed by atoms with Crippen LogP contribution < -0.4 is 4.90 Å². The van der Waals surface area contributed by atoms with Gasteiger partial charge in [0.05, 0.1) is 12.0 Å². The third-order valence-corrected chi connectivity index (χ3v) is 2.40. The summed E-state index contributed by atoms with van der Waals surface area (Å²) >= 11 is 5.76. The SMILES string of the molecule is C/N=C\N(C)c1cc(F)c(C)c(F)c1Cl. The van der Waals surface area contributed by atoms with Crippen LogP contribution in [0.15, 0.2) is 11.1 Å². The highest BCUT2D eigenvalue weighted by Crippen LogP contribution is 2.30. The Kier molecular flexibility index (Phi) is 3.63. The molecule has 0 atom stereocenters. The monoisotopic (exact) mass is 232 g/mol. The minimum atomic E-state index is -0.733. The fraction of sp³-hybridized carbons (Fsp3) is 0.300. The van der Waals surface area contributed by atoms with Crippen LogP contribution in [0.5, 0.6) is 0 Å². The smallest absolute Gasteiger partial charge is 0.149 e. The topological polar surface area (TPSA) is 15.6 Å². The summed E-state index contributed by atoms with van der Waals surface area (Å²) in [6.07, 6.45) is 1.43. The summed E-state index contributed by atoms with van der Waals surface area (Å²) < 4.78 is 26.7. The van der Waals surface area contributed by atoms with Gasteiger partial charge in [-0.2, -0.15) is 0 Å². The van der Waals surface area contributed by atoms with Crippen molar-refractivity contribution in [3.63, 3.8) is 0 Å². The van der Waals surface area contributed by atoms with Crippen molar-refractivity contribution >= 4 is 23.6 Å². The molecule has 0 N–H and O–H groups in total. The van der Waals surface area contributed by atoms with Gasteiger partial charge in [-0.1, -0.05) is 11.6 Å². The second-order valence-electron chi connectivity index (χ2n) is 3.12. The molecule has 0 aliphatic heterocycles. The maximum absolute atomic E-state index is 13.4. The standard InChI is InChI=1S/C10H11ClF2N2/c1-6-7(12)4-8(9(11)10(6)13)15(3)5-14-2/h4-5H,1-3H3/b14-5-. The van der Waals surface area contributed by atoms with Crippen molar-refractivity contribution in [3.8, 4) is 0 Å². The van der Waals surface area contributed by atoms with E-state index < -0.39 is 11.6 Å². The van der Waals surface area contributed by atoms with E-state index in [4.69, 9.17) is 11.6 Å². The van der Waals surface area contributed by atoms with Crippen molar-refractivity contribution in [1.29, 1.82) is 0 Å². The highest BCUT2D eigenvalue weighted by atomic mass is 35.5.